The number of aromatic nitrogens is 2. The molecule has 0 saturated carbocycles. The Balaban J connectivity index is 0.000000557. The Hall–Kier alpha value is -3.62. The topological polar surface area (TPSA) is 191 Å². The molecule has 4 N–H and O–H groups in total. The fraction of sp³-hybridized carbons (Fsp3) is 0.560. The summed E-state index contributed by atoms with van der Waals surface area (Å²) in [6.07, 6.45) is 3.92. The number of hydrogen-bond donors (Lipinski definition) is 3. The Morgan fingerprint density at radius 2 is 1.77 bits per heavy atom. The van der Waals surface area contributed by atoms with Crippen LogP contribution in [0.1, 0.15) is 50.0 Å². The molecule has 15 heteroatoms. The summed E-state index contributed by atoms with van der Waals surface area (Å²) in [5, 5.41) is 25.6. The second-order valence-corrected chi connectivity index (χ2v) is 9.93. The number of nitrogens with zero attached hydrogens (tertiary/aromatic N) is 4. The SMILES string of the molecule is CCOC(=O)ON1CCC(N2CCC(c3nnc(-c4cc(Cl)c(N)c5c4OCC5)o3)CC2)CC1.O=C(O)C(=O)O. The third kappa shape index (κ3) is 6.92. The van der Waals surface area contributed by atoms with Crippen LogP contribution in [0.25, 0.3) is 11.5 Å². The molecule has 3 aliphatic heterocycles. The maximum absolute atomic E-state index is 11.5. The van der Waals surface area contributed by atoms with Crippen molar-refractivity contribution in [3.8, 4) is 17.2 Å². The number of anilines is 1. The smallest absolute Gasteiger partial charge is 0.492 e. The van der Waals surface area contributed by atoms with Crippen molar-refractivity contribution in [3.63, 3.8) is 0 Å². The number of carboxylic acid groups (broad SMARTS) is 2. The lowest BCUT2D eigenvalue weighted by Crippen LogP contribution is -2.47. The highest BCUT2D eigenvalue weighted by molar-refractivity contribution is 6.33. The Kier molecular flexibility index (Phi) is 9.66. The van der Waals surface area contributed by atoms with E-state index in [-0.39, 0.29) is 5.92 Å². The van der Waals surface area contributed by atoms with Crippen molar-refractivity contribution in [3.05, 3.63) is 22.5 Å². The summed E-state index contributed by atoms with van der Waals surface area (Å²) in [6.45, 7) is 6.02. The Bertz CT molecular complexity index is 1210. The number of nitrogens with two attached hydrogens (primary N) is 1. The van der Waals surface area contributed by atoms with Gasteiger partial charge < -0.3 is 39.6 Å². The van der Waals surface area contributed by atoms with Crippen LogP contribution < -0.4 is 10.5 Å². The number of hydrogen-bond acceptors (Lipinski definition) is 12. The number of carbonyl (C=O) groups is 3. The van der Waals surface area contributed by atoms with E-state index in [2.05, 4.69) is 15.1 Å². The van der Waals surface area contributed by atoms with Crippen LogP contribution in [0.2, 0.25) is 5.02 Å². The largest absolute Gasteiger partial charge is 0.527 e. The van der Waals surface area contributed by atoms with Crippen molar-refractivity contribution >= 4 is 35.4 Å². The van der Waals surface area contributed by atoms with Crippen molar-refractivity contribution in [1.82, 2.24) is 20.2 Å². The fourth-order valence-electron chi connectivity index (χ4n) is 5.09. The third-order valence-corrected chi connectivity index (χ3v) is 7.42. The highest BCUT2D eigenvalue weighted by atomic mass is 35.5. The van der Waals surface area contributed by atoms with Gasteiger partial charge >= 0.3 is 18.1 Å². The lowest BCUT2D eigenvalue weighted by Gasteiger charge is -2.40. The Labute approximate surface area is 234 Å². The summed E-state index contributed by atoms with van der Waals surface area (Å²) in [4.78, 5) is 37.5. The van der Waals surface area contributed by atoms with Crippen LogP contribution in [0, 0.1) is 0 Å². The standard InChI is InChI=1S/C23H30ClN5O5.C2H2O4/c1-2-31-23(30)34-29-10-5-15(6-11-29)28-8-3-14(4-9-28)21-26-27-22(33-21)17-13-18(24)19(25)16-7-12-32-20(16)17;3-1(4)2(5)6/h13-15H,2-12,25H2,1H3;(H,3,4)(H,5,6). The van der Waals surface area contributed by atoms with Crippen LogP contribution in [0.5, 0.6) is 5.75 Å². The van der Waals surface area contributed by atoms with Gasteiger partial charge in [-0.3, -0.25) is 0 Å². The molecule has 2 aromatic rings. The van der Waals surface area contributed by atoms with E-state index in [1.54, 1.807) is 18.1 Å². The molecule has 5 rings (SSSR count). The summed E-state index contributed by atoms with van der Waals surface area (Å²) < 4.78 is 16.7. The molecule has 0 amide bonds. The maximum atomic E-state index is 11.5. The number of halogens is 1. The average Bonchev–Trinajstić information content (AvgIpc) is 3.63. The molecule has 3 aliphatic rings. The molecule has 0 bridgehead atoms. The monoisotopic (exact) mass is 581 g/mol. The zero-order valence-electron chi connectivity index (χ0n) is 22.0. The summed E-state index contributed by atoms with van der Waals surface area (Å²) in [7, 11) is 0. The summed E-state index contributed by atoms with van der Waals surface area (Å²) in [5.41, 5.74) is 8.28. The molecule has 2 saturated heterocycles. The van der Waals surface area contributed by atoms with E-state index in [1.807, 2.05) is 0 Å². The molecule has 0 unspecified atom stereocenters. The maximum Gasteiger partial charge on any atom is 0.527 e. The molecular formula is C25H32ClN5O9. The van der Waals surface area contributed by atoms with Crippen molar-refractivity contribution in [1.29, 1.82) is 0 Å². The van der Waals surface area contributed by atoms with E-state index in [1.165, 1.54) is 0 Å². The average molecular weight is 582 g/mol. The number of hydroxylamine groups is 2. The molecule has 0 aliphatic carbocycles. The van der Waals surface area contributed by atoms with Crippen LogP contribution >= 0.6 is 11.6 Å². The molecule has 2 fully saturated rings. The first-order valence-corrected chi connectivity index (χ1v) is 13.4. The van der Waals surface area contributed by atoms with Gasteiger partial charge in [0.15, 0.2) is 0 Å². The van der Waals surface area contributed by atoms with Gasteiger partial charge in [-0.1, -0.05) is 11.6 Å². The second kappa shape index (κ2) is 13.2. The van der Waals surface area contributed by atoms with Gasteiger partial charge in [0.25, 0.3) is 5.89 Å². The van der Waals surface area contributed by atoms with Gasteiger partial charge in [-0.05, 0) is 51.8 Å². The van der Waals surface area contributed by atoms with Gasteiger partial charge in [0.05, 0.1) is 29.5 Å². The van der Waals surface area contributed by atoms with Gasteiger partial charge in [-0.25, -0.2) is 14.4 Å². The first kappa shape index (κ1) is 29.4. The molecule has 218 valence electrons. The summed E-state index contributed by atoms with van der Waals surface area (Å²) in [5.74, 6) is -1.64. The van der Waals surface area contributed by atoms with Crippen molar-refractivity contribution in [2.75, 3.05) is 45.1 Å². The van der Waals surface area contributed by atoms with E-state index >= 15 is 0 Å². The van der Waals surface area contributed by atoms with Gasteiger partial charge in [-0.2, -0.15) is 0 Å². The first-order chi connectivity index (χ1) is 19.2. The number of piperidine rings is 2. The fourth-order valence-corrected chi connectivity index (χ4v) is 5.32. The zero-order valence-corrected chi connectivity index (χ0v) is 22.8. The quantitative estimate of drug-likeness (QED) is 0.265. The molecule has 1 aromatic heterocycles. The molecular weight excluding hydrogens is 550 g/mol. The minimum atomic E-state index is -1.82. The Morgan fingerprint density at radius 3 is 2.40 bits per heavy atom. The van der Waals surface area contributed by atoms with Crippen LogP contribution in [0.3, 0.4) is 0 Å². The minimum Gasteiger partial charge on any atom is -0.492 e. The van der Waals surface area contributed by atoms with Gasteiger partial charge in [0.1, 0.15) is 5.75 Å². The molecule has 1 aromatic carbocycles. The molecule has 4 heterocycles. The lowest BCUT2D eigenvalue weighted by molar-refractivity contribution is -0.159. The highest BCUT2D eigenvalue weighted by Crippen LogP contribution is 2.43. The molecule has 0 atom stereocenters. The number of carboxylic acids is 2. The van der Waals surface area contributed by atoms with E-state index in [0.717, 1.165) is 50.8 Å². The van der Waals surface area contributed by atoms with Gasteiger partial charge in [-0.15, -0.1) is 15.3 Å². The van der Waals surface area contributed by atoms with Gasteiger partial charge in [0.2, 0.25) is 5.89 Å². The van der Waals surface area contributed by atoms with Crippen LogP contribution in [-0.4, -0.2) is 93.9 Å². The number of fused-ring (bicyclic) bond motifs is 1. The van der Waals surface area contributed by atoms with Crippen LogP contribution in [0.15, 0.2) is 10.5 Å². The predicted octanol–water partition coefficient (Wildman–Crippen LogP) is 2.79. The van der Waals surface area contributed by atoms with E-state index in [4.69, 9.17) is 55.9 Å². The number of ether oxygens (including phenoxy) is 2. The van der Waals surface area contributed by atoms with Crippen molar-refractivity contribution in [2.24, 2.45) is 0 Å². The van der Waals surface area contributed by atoms with E-state index in [9.17, 15) is 4.79 Å². The lowest BCUT2D eigenvalue weighted by atomic mass is 9.93. The molecule has 0 spiro atoms. The van der Waals surface area contributed by atoms with Crippen molar-refractivity contribution in [2.45, 2.75) is 51.0 Å². The zero-order chi connectivity index (χ0) is 28.8. The van der Waals surface area contributed by atoms with E-state index in [0.29, 0.717) is 66.1 Å². The summed E-state index contributed by atoms with van der Waals surface area (Å²) in [6, 6.07) is 2.23. The van der Waals surface area contributed by atoms with Gasteiger partial charge in [0, 0.05) is 37.0 Å². The predicted molar refractivity (Wildman–Crippen MR) is 140 cm³/mol. The second-order valence-electron chi connectivity index (χ2n) is 9.53. The minimum absolute atomic E-state index is 0.225. The summed E-state index contributed by atoms with van der Waals surface area (Å²) >= 11 is 6.33. The highest BCUT2D eigenvalue weighted by Gasteiger charge is 2.32. The van der Waals surface area contributed by atoms with Crippen molar-refractivity contribution < 1.29 is 43.3 Å². The number of nitrogen functional groups attached to an aromatic ring is 1. The number of benzene rings is 1. The van der Waals surface area contributed by atoms with E-state index < -0.39 is 18.1 Å². The van der Waals surface area contributed by atoms with Crippen LogP contribution in [-0.2, 0) is 25.6 Å². The number of carbonyl (C=O) groups excluding carboxylic acids is 1. The molecule has 14 nitrogen and oxygen atoms in total. The number of likely N-dealkylation sites (tertiary alicyclic amines) is 1. The number of rotatable bonds is 5. The van der Waals surface area contributed by atoms with Crippen LogP contribution in [0.4, 0.5) is 10.5 Å². The molecule has 0 radical (unpaired) electrons. The molecule has 40 heavy (non-hydrogen) atoms. The number of aliphatic carboxylic acids is 2. The Morgan fingerprint density at radius 1 is 1.10 bits per heavy atom. The third-order valence-electron chi connectivity index (χ3n) is 7.11. The normalized spacial score (nSPS) is 18.2. The first-order valence-electron chi connectivity index (χ1n) is 13.0.